The van der Waals surface area contributed by atoms with Crippen molar-refractivity contribution in [3.63, 3.8) is 0 Å². The molecule has 14 heavy (non-hydrogen) atoms. The van der Waals surface area contributed by atoms with Crippen LogP contribution in [-0.2, 0) is 14.8 Å². The fourth-order valence-electron chi connectivity index (χ4n) is 2.06. The van der Waals surface area contributed by atoms with Crippen LogP contribution >= 0.6 is 0 Å². The predicted octanol–water partition coefficient (Wildman–Crippen LogP) is 0.389. The van der Waals surface area contributed by atoms with E-state index in [1.54, 1.807) is 0 Å². The summed E-state index contributed by atoms with van der Waals surface area (Å²) in [6, 6.07) is -0.350. The summed E-state index contributed by atoms with van der Waals surface area (Å²) in [7, 11) is -3.19. The van der Waals surface area contributed by atoms with Crippen molar-refractivity contribution in [3.05, 3.63) is 0 Å². The second-order valence-corrected chi connectivity index (χ2v) is 6.14. The molecule has 1 unspecified atom stereocenters. The molecule has 0 amide bonds. The fraction of sp³-hybridized carbons (Fsp3) is 0.889. The first kappa shape index (κ1) is 10.1. The van der Waals surface area contributed by atoms with Gasteiger partial charge in [0.25, 0.3) is 0 Å². The van der Waals surface area contributed by atoms with Crippen LogP contribution in [0, 0.1) is 5.92 Å². The van der Waals surface area contributed by atoms with Crippen molar-refractivity contribution < 1.29 is 13.2 Å². The largest absolute Gasteiger partial charge is 0.298 e. The van der Waals surface area contributed by atoms with Crippen molar-refractivity contribution in [1.29, 1.82) is 0 Å². The normalized spacial score (nSPS) is 29.4. The lowest BCUT2D eigenvalue weighted by atomic mass is 10.1. The van der Waals surface area contributed by atoms with Gasteiger partial charge in [0.1, 0.15) is 0 Å². The highest BCUT2D eigenvalue weighted by molar-refractivity contribution is 7.88. The Balaban J connectivity index is 2.14. The summed E-state index contributed by atoms with van der Waals surface area (Å²) in [6.45, 7) is 0.516. The summed E-state index contributed by atoms with van der Waals surface area (Å²) >= 11 is 0. The molecule has 1 aliphatic carbocycles. The first-order valence-electron chi connectivity index (χ1n) is 5.00. The first-order chi connectivity index (χ1) is 6.50. The molecule has 0 N–H and O–H groups in total. The summed E-state index contributed by atoms with van der Waals surface area (Å²) in [5, 5.41) is 0. The van der Waals surface area contributed by atoms with Crippen molar-refractivity contribution >= 4 is 15.8 Å². The smallest absolute Gasteiger partial charge is 0.211 e. The summed E-state index contributed by atoms with van der Waals surface area (Å²) in [5.74, 6) is 0.301. The van der Waals surface area contributed by atoms with E-state index in [2.05, 4.69) is 0 Å². The third-order valence-electron chi connectivity index (χ3n) is 2.94. The molecule has 0 spiro atoms. The second-order valence-electron chi connectivity index (χ2n) is 4.21. The number of carbonyl (C=O) groups is 1. The minimum atomic E-state index is -3.19. The molecule has 1 heterocycles. The zero-order chi connectivity index (χ0) is 10.3. The van der Waals surface area contributed by atoms with Crippen LogP contribution in [0.5, 0.6) is 0 Å². The number of carbonyl (C=O) groups excluding carboxylic acids is 1. The van der Waals surface area contributed by atoms with E-state index in [1.807, 2.05) is 0 Å². The van der Waals surface area contributed by atoms with Gasteiger partial charge < -0.3 is 0 Å². The third-order valence-corrected chi connectivity index (χ3v) is 4.23. The maximum atomic E-state index is 11.8. The van der Waals surface area contributed by atoms with E-state index < -0.39 is 10.0 Å². The summed E-state index contributed by atoms with van der Waals surface area (Å²) in [4.78, 5) is 11.8. The quantitative estimate of drug-likeness (QED) is 0.687. The molecule has 0 radical (unpaired) electrons. The van der Waals surface area contributed by atoms with E-state index in [0.29, 0.717) is 13.0 Å². The van der Waals surface area contributed by atoms with Crippen molar-refractivity contribution in [2.45, 2.75) is 31.7 Å². The van der Waals surface area contributed by atoms with Crippen molar-refractivity contribution in [3.8, 4) is 0 Å². The number of hydrogen-bond donors (Lipinski definition) is 0. The molecule has 1 atom stereocenters. The lowest BCUT2D eigenvalue weighted by Gasteiger charge is -2.20. The minimum Gasteiger partial charge on any atom is -0.298 e. The molecule has 2 aliphatic rings. The number of sulfonamides is 1. The van der Waals surface area contributed by atoms with Crippen molar-refractivity contribution in [2.75, 3.05) is 12.8 Å². The molecular formula is C9H15NO3S. The number of hydrogen-bond acceptors (Lipinski definition) is 3. The molecule has 5 heteroatoms. The van der Waals surface area contributed by atoms with Gasteiger partial charge in [-0.25, -0.2) is 8.42 Å². The van der Waals surface area contributed by atoms with Crippen LogP contribution in [0.4, 0.5) is 0 Å². The monoisotopic (exact) mass is 217 g/mol. The molecule has 1 saturated carbocycles. The van der Waals surface area contributed by atoms with Gasteiger partial charge in [0.05, 0.1) is 12.3 Å². The van der Waals surface area contributed by atoms with Gasteiger partial charge in [-0.1, -0.05) is 0 Å². The molecule has 0 aromatic heterocycles. The van der Waals surface area contributed by atoms with Crippen LogP contribution in [0.25, 0.3) is 0 Å². The molecule has 0 aromatic rings. The van der Waals surface area contributed by atoms with Crippen LogP contribution in [0.1, 0.15) is 25.7 Å². The van der Waals surface area contributed by atoms with Gasteiger partial charge in [0.15, 0.2) is 5.78 Å². The number of rotatable bonds is 3. The van der Waals surface area contributed by atoms with E-state index in [4.69, 9.17) is 0 Å². The highest BCUT2D eigenvalue weighted by atomic mass is 32.2. The van der Waals surface area contributed by atoms with Crippen molar-refractivity contribution in [1.82, 2.24) is 4.31 Å². The van der Waals surface area contributed by atoms with Gasteiger partial charge >= 0.3 is 0 Å². The van der Waals surface area contributed by atoms with Crippen molar-refractivity contribution in [2.24, 2.45) is 5.92 Å². The highest BCUT2D eigenvalue weighted by Gasteiger charge is 2.42. The molecule has 2 rings (SSSR count). The predicted molar refractivity (Wildman–Crippen MR) is 52.3 cm³/mol. The Morgan fingerprint density at radius 3 is 2.43 bits per heavy atom. The third kappa shape index (κ3) is 1.83. The van der Waals surface area contributed by atoms with E-state index in [1.165, 1.54) is 10.6 Å². The summed E-state index contributed by atoms with van der Waals surface area (Å²) in [5.41, 5.74) is 0. The average Bonchev–Trinajstić information content (AvgIpc) is 2.78. The van der Waals surface area contributed by atoms with Crippen LogP contribution in [-0.4, -0.2) is 37.3 Å². The Morgan fingerprint density at radius 1 is 1.29 bits per heavy atom. The Kier molecular flexibility index (Phi) is 2.39. The standard InChI is InChI=1S/C9H15NO3S/c1-14(12,13)10-6-2-3-8(10)9(11)7-4-5-7/h7-8H,2-6H2,1H3. The van der Waals surface area contributed by atoms with Crippen LogP contribution in [0.3, 0.4) is 0 Å². The van der Waals surface area contributed by atoms with Gasteiger partial charge in [-0.05, 0) is 25.7 Å². The van der Waals surface area contributed by atoms with E-state index in [0.717, 1.165) is 19.3 Å². The molecule has 2 fully saturated rings. The number of nitrogens with zero attached hydrogens (tertiary/aromatic N) is 1. The highest BCUT2D eigenvalue weighted by Crippen LogP contribution is 2.35. The topological polar surface area (TPSA) is 54.5 Å². The van der Waals surface area contributed by atoms with Gasteiger partial charge in [0, 0.05) is 12.5 Å². The van der Waals surface area contributed by atoms with Gasteiger partial charge in [-0.15, -0.1) is 0 Å². The number of Topliss-reactive ketones (excluding diaryl/α,β-unsaturated/α-hetero) is 1. The Bertz CT molecular complexity index is 345. The number of ketones is 1. The van der Waals surface area contributed by atoms with Crippen LogP contribution in [0.2, 0.25) is 0 Å². The molecule has 80 valence electrons. The Labute approximate surface area is 84.3 Å². The van der Waals surface area contributed by atoms with E-state index in [9.17, 15) is 13.2 Å². The second kappa shape index (κ2) is 3.31. The maximum absolute atomic E-state index is 11.8. The first-order valence-corrected chi connectivity index (χ1v) is 6.85. The molecular weight excluding hydrogens is 202 g/mol. The van der Waals surface area contributed by atoms with Crippen LogP contribution in [0.15, 0.2) is 0 Å². The Morgan fingerprint density at radius 2 is 1.93 bits per heavy atom. The fourth-order valence-corrected chi connectivity index (χ4v) is 3.19. The lowest BCUT2D eigenvalue weighted by molar-refractivity contribution is -0.123. The molecule has 0 aromatic carbocycles. The van der Waals surface area contributed by atoms with Crippen LogP contribution < -0.4 is 0 Å². The Hall–Kier alpha value is -0.420. The summed E-state index contributed by atoms with van der Waals surface area (Å²) < 4.78 is 24.1. The van der Waals surface area contributed by atoms with Gasteiger partial charge in [-0.2, -0.15) is 4.31 Å². The zero-order valence-electron chi connectivity index (χ0n) is 8.27. The zero-order valence-corrected chi connectivity index (χ0v) is 9.09. The molecule has 0 bridgehead atoms. The van der Waals surface area contributed by atoms with E-state index >= 15 is 0 Å². The summed E-state index contributed by atoms with van der Waals surface area (Å²) in [6.07, 6.45) is 4.62. The van der Waals surface area contributed by atoms with E-state index in [-0.39, 0.29) is 17.7 Å². The van der Waals surface area contributed by atoms with Gasteiger partial charge in [0.2, 0.25) is 10.0 Å². The minimum absolute atomic E-state index is 0.146. The SMILES string of the molecule is CS(=O)(=O)N1CCCC1C(=O)C1CC1. The maximum Gasteiger partial charge on any atom is 0.211 e. The molecule has 1 aliphatic heterocycles. The average molecular weight is 217 g/mol. The molecule has 4 nitrogen and oxygen atoms in total. The lowest BCUT2D eigenvalue weighted by Crippen LogP contribution is -2.40. The molecule has 1 saturated heterocycles. The van der Waals surface area contributed by atoms with Gasteiger partial charge in [-0.3, -0.25) is 4.79 Å².